The molecule has 1 aliphatic carbocycles. The van der Waals surface area contributed by atoms with Crippen LogP contribution >= 0.6 is 0 Å². The largest absolute Gasteiger partial charge is 0.334 e. The van der Waals surface area contributed by atoms with Crippen molar-refractivity contribution in [2.75, 3.05) is 32.7 Å². The number of benzene rings is 1. The first-order valence-electron chi connectivity index (χ1n) is 9.69. The van der Waals surface area contributed by atoms with Crippen LogP contribution < -0.4 is 5.32 Å². The number of aryl methyl sites for hydroxylation is 1. The van der Waals surface area contributed by atoms with Gasteiger partial charge in [-0.25, -0.2) is 4.79 Å². The summed E-state index contributed by atoms with van der Waals surface area (Å²) in [4.78, 5) is 16.8. The van der Waals surface area contributed by atoms with E-state index >= 15 is 0 Å². The second-order valence-electron chi connectivity index (χ2n) is 7.33. The molecule has 25 heavy (non-hydrogen) atoms. The van der Waals surface area contributed by atoms with E-state index in [0.29, 0.717) is 6.54 Å². The molecule has 1 aromatic carbocycles. The van der Waals surface area contributed by atoms with Gasteiger partial charge in [-0.2, -0.15) is 0 Å². The van der Waals surface area contributed by atoms with Gasteiger partial charge in [-0.3, -0.25) is 4.90 Å². The summed E-state index contributed by atoms with van der Waals surface area (Å²) in [5.41, 5.74) is 4.04. The predicted molar refractivity (Wildman–Crippen MR) is 103 cm³/mol. The fraction of sp³-hybridized carbons (Fsp3) is 0.571. The van der Waals surface area contributed by atoms with Crippen LogP contribution in [-0.2, 0) is 6.54 Å². The van der Waals surface area contributed by atoms with E-state index in [2.05, 4.69) is 47.5 Å². The third-order valence-electron chi connectivity index (χ3n) is 5.36. The minimum Gasteiger partial charge on any atom is -0.334 e. The Hall–Kier alpha value is -1.81. The average Bonchev–Trinajstić information content (AvgIpc) is 2.67. The maximum atomic E-state index is 12.3. The normalized spacial score (nSPS) is 18.8. The van der Waals surface area contributed by atoms with E-state index in [1.165, 1.54) is 37.7 Å². The number of nitrogens with one attached hydrogen (secondary N) is 1. The van der Waals surface area contributed by atoms with Crippen molar-refractivity contribution >= 4 is 6.03 Å². The van der Waals surface area contributed by atoms with Crippen LogP contribution in [0.3, 0.4) is 0 Å². The Morgan fingerprint density at radius 1 is 1.08 bits per heavy atom. The zero-order chi connectivity index (χ0) is 17.5. The molecule has 0 spiro atoms. The van der Waals surface area contributed by atoms with Crippen molar-refractivity contribution in [1.82, 2.24) is 15.1 Å². The summed E-state index contributed by atoms with van der Waals surface area (Å²) in [6.07, 6.45) is 8.93. The van der Waals surface area contributed by atoms with Crippen LogP contribution in [0.5, 0.6) is 0 Å². The molecule has 1 fully saturated rings. The van der Waals surface area contributed by atoms with Gasteiger partial charge in [-0.1, -0.05) is 41.5 Å². The van der Waals surface area contributed by atoms with Gasteiger partial charge in [0.15, 0.2) is 0 Å². The van der Waals surface area contributed by atoms with Gasteiger partial charge in [0, 0.05) is 39.3 Å². The maximum absolute atomic E-state index is 12.3. The molecular weight excluding hydrogens is 310 g/mol. The lowest BCUT2D eigenvalue weighted by Crippen LogP contribution is -2.51. The van der Waals surface area contributed by atoms with Gasteiger partial charge in [0.05, 0.1) is 0 Å². The Morgan fingerprint density at radius 3 is 2.52 bits per heavy atom. The first-order chi connectivity index (χ1) is 12.2. The molecule has 2 aliphatic rings. The standard InChI is InChI=1S/C21H31N3O/c1-18-7-9-20(10-8-18)17-22-21(25)24-15-13-23(14-16-24)12-11-19-5-3-2-4-6-19/h5,7-10H,2-4,6,11-17H2,1H3,(H,22,25). The lowest BCUT2D eigenvalue weighted by Gasteiger charge is -2.35. The molecule has 2 amide bonds. The van der Waals surface area contributed by atoms with Crippen LogP contribution in [-0.4, -0.2) is 48.6 Å². The fourth-order valence-electron chi connectivity index (χ4n) is 3.60. The van der Waals surface area contributed by atoms with Gasteiger partial charge in [0.25, 0.3) is 0 Å². The van der Waals surface area contributed by atoms with Crippen LogP contribution in [0.4, 0.5) is 4.79 Å². The molecule has 1 aliphatic heterocycles. The average molecular weight is 341 g/mol. The summed E-state index contributed by atoms with van der Waals surface area (Å²) in [5.74, 6) is 0. The fourth-order valence-corrected chi connectivity index (χ4v) is 3.60. The molecule has 1 saturated heterocycles. The summed E-state index contributed by atoms with van der Waals surface area (Å²) < 4.78 is 0. The molecule has 1 heterocycles. The van der Waals surface area contributed by atoms with E-state index in [-0.39, 0.29) is 6.03 Å². The van der Waals surface area contributed by atoms with Crippen LogP contribution in [0.25, 0.3) is 0 Å². The zero-order valence-corrected chi connectivity index (χ0v) is 15.5. The van der Waals surface area contributed by atoms with Crippen molar-refractivity contribution in [1.29, 1.82) is 0 Å². The van der Waals surface area contributed by atoms with Gasteiger partial charge < -0.3 is 10.2 Å². The number of nitrogens with zero attached hydrogens (tertiary/aromatic N) is 2. The van der Waals surface area contributed by atoms with Crippen molar-refractivity contribution in [3.63, 3.8) is 0 Å². The monoisotopic (exact) mass is 341 g/mol. The maximum Gasteiger partial charge on any atom is 0.317 e. The molecular formula is C21H31N3O. The quantitative estimate of drug-likeness (QED) is 0.829. The second-order valence-corrected chi connectivity index (χ2v) is 7.33. The Bertz CT molecular complexity index is 586. The van der Waals surface area contributed by atoms with Gasteiger partial charge in [0.1, 0.15) is 0 Å². The highest BCUT2D eigenvalue weighted by Gasteiger charge is 2.20. The van der Waals surface area contributed by atoms with E-state index in [0.717, 1.165) is 38.3 Å². The summed E-state index contributed by atoms with van der Waals surface area (Å²) in [6, 6.07) is 8.39. The van der Waals surface area contributed by atoms with E-state index in [4.69, 9.17) is 0 Å². The molecule has 136 valence electrons. The number of urea groups is 1. The SMILES string of the molecule is Cc1ccc(CNC(=O)N2CCN(CCC3=CCCCC3)CC2)cc1. The first kappa shape index (κ1) is 18.0. The van der Waals surface area contributed by atoms with E-state index in [9.17, 15) is 4.79 Å². The number of piperazine rings is 1. The smallest absolute Gasteiger partial charge is 0.317 e. The number of amides is 2. The number of allylic oxidation sites excluding steroid dienone is 1. The van der Waals surface area contributed by atoms with Crippen molar-refractivity contribution in [3.05, 3.63) is 47.0 Å². The van der Waals surface area contributed by atoms with Crippen LogP contribution in [0, 0.1) is 6.92 Å². The molecule has 3 rings (SSSR count). The molecule has 1 aromatic rings. The number of carbonyl (C=O) groups excluding carboxylic acids is 1. The van der Waals surface area contributed by atoms with Gasteiger partial charge in [-0.15, -0.1) is 0 Å². The van der Waals surface area contributed by atoms with Gasteiger partial charge >= 0.3 is 6.03 Å². The second kappa shape index (κ2) is 9.04. The van der Waals surface area contributed by atoms with Gasteiger partial charge in [-0.05, 0) is 44.6 Å². The Kier molecular flexibility index (Phi) is 6.51. The molecule has 0 atom stereocenters. The number of hydrogen-bond acceptors (Lipinski definition) is 2. The molecule has 0 bridgehead atoms. The number of rotatable bonds is 5. The van der Waals surface area contributed by atoms with Crippen LogP contribution in [0.2, 0.25) is 0 Å². The third kappa shape index (κ3) is 5.60. The minimum atomic E-state index is 0.0650. The van der Waals surface area contributed by atoms with Crippen molar-refractivity contribution in [3.8, 4) is 0 Å². The minimum absolute atomic E-state index is 0.0650. The van der Waals surface area contributed by atoms with Crippen molar-refractivity contribution in [2.45, 2.75) is 45.6 Å². The highest BCUT2D eigenvalue weighted by atomic mass is 16.2. The number of carbonyl (C=O) groups is 1. The van der Waals surface area contributed by atoms with Crippen molar-refractivity contribution < 1.29 is 4.79 Å². The Labute approximate surface area is 151 Å². The number of hydrogen-bond donors (Lipinski definition) is 1. The van der Waals surface area contributed by atoms with Gasteiger partial charge in [0.2, 0.25) is 0 Å². The summed E-state index contributed by atoms with van der Waals surface area (Å²) in [6.45, 7) is 7.47. The molecule has 0 aromatic heterocycles. The Balaban J connectivity index is 1.35. The van der Waals surface area contributed by atoms with E-state index < -0.39 is 0 Å². The van der Waals surface area contributed by atoms with Crippen molar-refractivity contribution in [2.24, 2.45) is 0 Å². The molecule has 4 heteroatoms. The molecule has 0 radical (unpaired) electrons. The lowest BCUT2D eigenvalue weighted by molar-refractivity contribution is 0.139. The van der Waals surface area contributed by atoms with Crippen LogP contribution in [0.1, 0.15) is 43.2 Å². The summed E-state index contributed by atoms with van der Waals surface area (Å²) >= 11 is 0. The summed E-state index contributed by atoms with van der Waals surface area (Å²) in [7, 11) is 0. The zero-order valence-electron chi connectivity index (χ0n) is 15.5. The molecule has 0 unspecified atom stereocenters. The summed E-state index contributed by atoms with van der Waals surface area (Å²) in [5, 5.41) is 3.05. The first-order valence-corrected chi connectivity index (χ1v) is 9.69. The third-order valence-corrected chi connectivity index (χ3v) is 5.36. The highest BCUT2D eigenvalue weighted by Crippen LogP contribution is 2.20. The predicted octanol–water partition coefficient (Wildman–Crippen LogP) is 3.71. The lowest BCUT2D eigenvalue weighted by atomic mass is 9.97. The van der Waals surface area contributed by atoms with Crippen LogP contribution in [0.15, 0.2) is 35.9 Å². The molecule has 1 N–H and O–H groups in total. The van der Waals surface area contributed by atoms with E-state index in [1.54, 1.807) is 5.57 Å². The molecule has 0 saturated carbocycles. The molecule has 4 nitrogen and oxygen atoms in total. The topological polar surface area (TPSA) is 35.6 Å². The van der Waals surface area contributed by atoms with E-state index in [1.807, 2.05) is 4.90 Å². The Morgan fingerprint density at radius 2 is 1.84 bits per heavy atom. The highest BCUT2D eigenvalue weighted by molar-refractivity contribution is 5.74.